The predicted molar refractivity (Wildman–Crippen MR) is 108 cm³/mol. The Bertz CT molecular complexity index is 783. The quantitative estimate of drug-likeness (QED) is 0.856. The molecule has 142 valence electrons. The van der Waals surface area contributed by atoms with Crippen LogP contribution < -0.4 is 15.5 Å². The minimum atomic E-state index is -0.565. The third kappa shape index (κ3) is 5.09. The van der Waals surface area contributed by atoms with Crippen LogP contribution >= 0.6 is 0 Å². The van der Waals surface area contributed by atoms with Crippen LogP contribution in [-0.2, 0) is 4.79 Å². The van der Waals surface area contributed by atoms with Gasteiger partial charge in [-0.2, -0.15) is 0 Å². The van der Waals surface area contributed by atoms with Crippen LogP contribution in [0.15, 0.2) is 54.6 Å². The average molecular weight is 365 g/mol. The molecule has 0 bridgehead atoms. The molecular weight excluding hydrogens is 338 g/mol. The number of nitrogens with zero attached hydrogens (tertiary/aromatic N) is 1. The minimum Gasteiger partial charge on any atom is -0.371 e. The Hall–Kier alpha value is -2.82. The fourth-order valence-corrected chi connectivity index (χ4v) is 3.38. The van der Waals surface area contributed by atoms with Crippen molar-refractivity contribution >= 4 is 17.5 Å². The maximum Gasteiger partial charge on any atom is 0.251 e. The maximum atomic E-state index is 12.5. The second kappa shape index (κ2) is 8.71. The van der Waals surface area contributed by atoms with Gasteiger partial charge in [0.05, 0.1) is 0 Å². The number of anilines is 1. The standard InChI is InChI=1S/C22H27N3O2/c1-16-7-6-8-18(15-16)22(27)23-17(2)21(26)24-19-11-13-25(14-12-19)20-9-4-3-5-10-20/h3-10,15,17,19H,11-14H2,1-2H3,(H,23,27)(H,24,26). The largest absolute Gasteiger partial charge is 0.371 e. The first kappa shape index (κ1) is 19.0. The van der Waals surface area contributed by atoms with Crippen LogP contribution in [0.4, 0.5) is 5.69 Å². The molecule has 5 nitrogen and oxygen atoms in total. The van der Waals surface area contributed by atoms with Crippen LogP contribution in [0.1, 0.15) is 35.7 Å². The number of rotatable bonds is 5. The highest BCUT2D eigenvalue weighted by molar-refractivity contribution is 5.97. The predicted octanol–water partition coefficient (Wildman–Crippen LogP) is 2.90. The number of hydrogen-bond acceptors (Lipinski definition) is 3. The molecule has 0 spiro atoms. The van der Waals surface area contributed by atoms with Crippen molar-refractivity contribution in [3.63, 3.8) is 0 Å². The highest BCUT2D eigenvalue weighted by Gasteiger charge is 2.23. The average Bonchev–Trinajstić information content (AvgIpc) is 2.69. The lowest BCUT2D eigenvalue weighted by Crippen LogP contribution is -2.51. The number of benzene rings is 2. The number of piperidine rings is 1. The molecular formula is C22H27N3O2. The van der Waals surface area contributed by atoms with Gasteiger partial charge in [0.25, 0.3) is 5.91 Å². The summed E-state index contributed by atoms with van der Waals surface area (Å²) in [5, 5.41) is 5.86. The molecule has 1 unspecified atom stereocenters. The molecule has 2 aromatic rings. The van der Waals surface area contributed by atoms with Crippen molar-refractivity contribution in [3.05, 3.63) is 65.7 Å². The molecule has 1 atom stereocenters. The summed E-state index contributed by atoms with van der Waals surface area (Å²) in [6, 6.07) is 17.3. The van der Waals surface area contributed by atoms with Crippen molar-refractivity contribution < 1.29 is 9.59 Å². The summed E-state index contributed by atoms with van der Waals surface area (Å²) in [5.74, 6) is -0.352. The lowest BCUT2D eigenvalue weighted by molar-refractivity contribution is -0.123. The second-order valence-corrected chi connectivity index (χ2v) is 7.17. The fourth-order valence-electron chi connectivity index (χ4n) is 3.38. The van der Waals surface area contributed by atoms with Crippen LogP contribution in [0.5, 0.6) is 0 Å². The van der Waals surface area contributed by atoms with Crippen molar-refractivity contribution in [1.82, 2.24) is 10.6 Å². The number of hydrogen-bond donors (Lipinski definition) is 2. The summed E-state index contributed by atoms with van der Waals surface area (Å²) in [5.41, 5.74) is 2.82. The molecule has 0 aliphatic carbocycles. The van der Waals surface area contributed by atoms with Crippen molar-refractivity contribution in [1.29, 1.82) is 0 Å². The number of nitrogens with one attached hydrogen (secondary N) is 2. The Balaban J connectivity index is 1.47. The first-order chi connectivity index (χ1) is 13.0. The Labute approximate surface area is 160 Å². The molecule has 0 saturated carbocycles. The Morgan fingerprint density at radius 3 is 2.41 bits per heavy atom. The van der Waals surface area contributed by atoms with Gasteiger partial charge >= 0.3 is 0 Å². The first-order valence-corrected chi connectivity index (χ1v) is 9.51. The van der Waals surface area contributed by atoms with Crippen LogP contribution in [0, 0.1) is 6.92 Å². The molecule has 0 radical (unpaired) electrons. The van der Waals surface area contributed by atoms with Crippen LogP contribution in [-0.4, -0.2) is 37.0 Å². The van der Waals surface area contributed by atoms with Crippen molar-refractivity contribution in [3.8, 4) is 0 Å². The smallest absolute Gasteiger partial charge is 0.251 e. The summed E-state index contributed by atoms with van der Waals surface area (Å²) in [7, 11) is 0. The highest BCUT2D eigenvalue weighted by atomic mass is 16.2. The summed E-state index contributed by atoms with van der Waals surface area (Å²) >= 11 is 0. The monoisotopic (exact) mass is 365 g/mol. The van der Waals surface area contributed by atoms with Gasteiger partial charge < -0.3 is 15.5 Å². The zero-order chi connectivity index (χ0) is 19.2. The summed E-state index contributed by atoms with van der Waals surface area (Å²) in [6.07, 6.45) is 1.80. The molecule has 2 amide bonds. The van der Waals surface area contributed by atoms with E-state index in [4.69, 9.17) is 0 Å². The van der Waals surface area contributed by atoms with Gasteiger partial charge in [-0.15, -0.1) is 0 Å². The van der Waals surface area contributed by atoms with Gasteiger partial charge in [-0.25, -0.2) is 0 Å². The van der Waals surface area contributed by atoms with Crippen molar-refractivity contribution in [2.24, 2.45) is 0 Å². The number of para-hydroxylation sites is 1. The molecule has 1 aliphatic rings. The Morgan fingerprint density at radius 1 is 1.04 bits per heavy atom. The maximum absolute atomic E-state index is 12.5. The van der Waals surface area contributed by atoms with E-state index in [2.05, 4.69) is 27.7 Å². The summed E-state index contributed by atoms with van der Waals surface area (Å²) < 4.78 is 0. The van der Waals surface area contributed by atoms with E-state index in [0.717, 1.165) is 31.5 Å². The summed E-state index contributed by atoms with van der Waals surface area (Å²) in [6.45, 7) is 5.49. The molecule has 1 fully saturated rings. The van der Waals surface area contributed by atoms with Gasteiger partial charge in [-0.1, -0.05) is 35.9 Å². The molecule has 1 aliphatic heterocycles. The normalized spacial score (nSPS) is 15.9. The molecule has 1 heterocycles. The van der Waals surface area contributed by atoms with E-state index in [9.17, 15) is 9.59 Å². The third-order valence-electron chi connectivity index (χ3n) is 4.98. The van der Waals surface area contributed by atoms with Crippen LogP contribution in [0.2, 0.25) is 0 Å². The van der Waals surface area contributed by atoms with E-state index in [-0.39, 0.29) is 17.9 Å². The molecule has 1 saturated heterocycles. The van der Waals surface area contributed by atoms with E-state index < -0.39 is 6.04 Å². The van der Waals surface area contributed by atoms with Gasteiger partial charge in [0.15, 0.2) is 0 Å². The summed E-state index contributed by atoms with van der Waals surface area (Å²) in [4.78, 5) is 27.1. The van der Waals surface area contributed by atoms with Crippen LogP contribution in [0.3, 0.4) is 0 Å². The number of amides is 2. The van der Waals surface area contributed by atoms with E-state index in [0.29, 0.717) is 5.56 Å². The SMILES string of the molecule is Cc1cccc(C(=O)NC(C)C(=O)NC2CCN(c3ccccc3)CC2)c1. The zero-order valence-electron chi connectivity index (χ0n) is 15.9. The number of carbonyl (C=O) groups is 2. The van der Waals surface area contributed by atoms with E-state index in [1.165, 1.54) is 5.69 Å². The molecule has 27 heavy (non-hydrogen) atoms. The zero-order valence-corrected chi connectivity index (χ0v) is 15.9. The van der Waals surface area contributed by atoms with Crippen molar-refractivity contribution in [2.75, 3.05) is 18.0 Å². The Morgan fingerprint density at radius 2 is 1.74 bits per heavy atom. The van der Waals surface area contributed by atoms with Gasteiger partial charge in [-0.3, -0.25) is 9.59 Å². The lowest BCUT2D eigenvalue weighted by atomic mass is 10.0. The molecule has 5 heteroatoms. The highest BCUT2D eigenvalue weighted by Crippen LogP contribution is 2.19. The number of carbonyl (C=O) groups excluding carboxylic acids is 2. The molecule has 3 rings (SSSR count). The fraction of sp³-hybridized carbons (Fsp3) is 0.364. The van der Waals surface area contributed by atoms with Gasteiger partial charge in [0.1, 0.15) is 6.04 Å². The number of aryl methyl sites for hydroxylation is 1. The lowest BCUT2D eigenvalue weighted by Gasteiger charge is -2.34. The van der Waals surface area contributed by atoms with E-state index in [1.807, 2.05) is 43.3 Å². The first-order valence-electron chi connectivity index (χ1n) is 9.51. The second-order valence-electron chi connectivity index (χ2n) is 7.17. The molecule has 0 aromatic heterocycles. The van der Waals surface area contributed by atoms with Crippen LogP contribution in [0.25, 0.3) is 0 Å². The van der Waals surface area contributed by atoms with Gasteiger partial charge in [-0.05, 0) is 51.0 Å². The van der Waals surface area contributed by atoms with Crippen molar-refractivity contribution in [2.45, 2.75) is 38.8 Å². The van der Waals surface area contributed by atoms with E-state index >= 15 is 0 Å². The Kier molecular flexibility index (Phi) is 6.12. The molecule has 2 N–H and O–H groups in total. The van der Waals surface area contributed by atoms with E-state index in [1.54, 1.807) is 13.0 Å². The van der Waals surface area contributed by atoms with Gasteiger partial charge in [0, 0.05) is 30.4 Å². The minimum absolute atomic E-state index is 0.130. The molecule has 2 aromatic carbocycles. The third-order valence-corrected chi connectivity index (χ3v) is 4.98. The topological polar surface area (TPSA) is 61.4 Å². The van der Waals surface area contributed by atoms with Gasteiger partial charge in [0.2, 0.25) is 5.91 Å².